The molecule has 31 heavy (non-hydrogen) atoms. The molecule has 0 bridgehead atoms. The van der Waals surface area contributed by atoms with Crippen molar-refractivity contribution in [3.05, 3.63) is 29.6 Å². The Balaban J connectivity index is 2.90. The van der Waals surface area contributed by atoms with Crippen LogP contribution in [-0.4, -0.2) is 35.5 Å². The number of ether oxygens (including phenoxy) is 2. The molecule has 2 atom stereocenters. The zero-order chi connectivity index (χ0) is 23.1. The zero-order valence-electron chi connectivity index (χ0n) is 19.0. The van der Waals surface area contributed by atoms with Gasteiger partial charge in [-0.15, -0.1) is 0 Å². The molecule has 7 nitrogen and oxygen atoms in total. The summed E-state index contributed by atoms with van der Waals surface area (Å²) in [4.78, 5) is 39.1. The maximum Gasteiger partial charge on any atom is 0.303 e. The van der Waals surface area contributed by atoms with E-state index in [4.69, 9.17) is 9.47 Å². The van der Waals surface area contributed by atoms with Crippen molar-refractivity contribution in [3.63, 3.8) is 0 Å². The van der Waals surface area contributed by atoms with E-state index in [1.807, 2.05) is 0 Å². The Morgan fingerprint density at radius 2 is 1.74 bits per heavy atom. The molecule has 170 valence electrons. The van der Waals surface area contributed by atoms with Crippen molar-refractivity contribution in [1.82, 2.24) is 10.3 Å². The van der Waals surface area contributed by atoms with Gasteiger partial charge in [-0.25, -0.2) is 4.98 Å². The Hall–Kier alpha value is -2.88. The lowest BCUT2D eigenvalue weighted by Crippen LogP contribution is -2.43. The minimum atomic E-state index is -0.916. The summed E-state index contributed by atoms with van der Waals surface area (Å²) in [6.45, 7) is 5.93. The van der Waals surface area contributed by atoms with Gasteiger partial charge in [0, 0.05) is 27.2 Å². The lowest BCUT2D eigenvalue weighted by Gasteiger charge is -2.26. The molecule has 0 saturated heterocycles. The van der Waals surface area contributed by atoms with E-state index in [0.29, 0.717) is 11.4 Å². The van der Waals surface area contributed by atoms with Gasteiger partial charge in [-0.1, -0.05) is 51.0 Å². The smallest absolute Gasteiger partial charge is 0.303 e. The summed E-state index contributed by atoms with van der Waals surface area (Å²) in [6, 6.07) is 4.46. The molecular weight excluding hydrogens is 396 g/mol. The number of carbonyl (C=O) groups is 3. The lowest BCUT2D eigenvalue weighted by molar-refractivity contribution is -0.152. The molecule has 7 heteroatoms. The average molecular weight is 431 g/mol. The Kier molecular flexibility index (Phi) is 12.7. The van der Waals surface area contributed by atoms with E-state index in [1.165, 1.54) is 52.9 Å². The van der Waals surface area contributed by atoms with Crippen LogP contribution in [-0.2, 0) is 23.9 Å². The second kappa shape index (κ2) is 15.0. The Labute approximate surface area is 185 Å². The van der Waals surface area contributed by atoms with E-state index in [-0.39, 0.29) is 12.5 Å². The monoisotopic (exact) mass is 430 g/mol. The molecule has 0 aromatic carbocycles. The van der Waals surface area contributed by atoms with E-state index < -0.39 is 24.1 Å². The highest BCUT2D eigenvalue weighted by Gasteiger charge is 2.29. The normalized spacial score (nSPS) is 12.1. The van der Waals surface area contributed by atoms with Gasteiger partial charge in [-0.2, -0.15) is 0 Å². The number of hydrogen-bond donors (Lipinski definition) is 1. The molecule has 0 spiro atoms. The first-order chi connectivity index (χ1) is 14.8. The van der Waals surface area contributed by atoms with Crippen molar-refractivity contribution in [2.24, 2.45) is 0 Å². The quantitative estimate of drug-likeness (QED) is 0.307. The first-order valence-corrected chi connectivity index (χ1v) is 10.9. The first kappa shape index (κ1) is 26.2. The van der Waals surface area contributed by atoms with E-state index in [0.717, 1.165) is 12.8 Å². The van der Waals surface area contributed by atoms with Gasteiger partial charge < -0.3 is 14.8 Å². The van der Waals surface area contributed by atoms with Gasteiger partial charge in [0.2, 0.25) is 5.91 Å². The Bertz CT molecular complexity index is 782. The highest BCUT2D eigenvalue weighted by atomic mass is 16.6. The van der Waals surface area contributed by atoms with Crippen molar-refractivity contribution < 1.29 is 23.9 Å². The van der Waals surface area contributed by atoms with Crippen LogP contribution in [0.1, 0.15) is 90.1 Å². The van der Waals surface area contributed by atoms with Crippen LogP contribution in [0.5, 0.6) is 0 Å². The van der Waals surface area contributed by atoms with Crippen LogP contribution in [0.15, 0.2) is 18.2 Å². The number of pyridine rings is 1. The molecule has 0 aliphatic rings. The number of hydrogen-bond acceptors (Lipinski definition) is 6. The number of rotatable bonds is 12. The van der Waals surface area contributed by atoms with Gasteiger partial charge in [0.15, 0.2) is 6.10 Å². The van der Waals surface area contributed by atoms with Crippen molar-refractivity contribution in [3.8, 4) is 11.8 Å². The largest absolute Gasteiger partial charge is 0.464 e. The maximum absolute atomic E-state index is 11.7. The number of nitrogens with one attached hydrogen (secondary N) is 1. The number of esters is 2. The van der Waals surface area contributed by atoms with Crippen LogP contribution in [0.25, 0.3) is 0 Å². The third-order valence-corrected chi connectivity index (χ3v) is 4.45. The topological polar surface area (TPSA) is 94.6 Å². The first-order valence-electron chi connectivity index (χ1n) is 10.9. The van der Waals surface area contributed by atoms with Gasteiger partial charge in [-0.3, -0.25) is 14.4 Å². The van der Waals surface area contributed by atoms with Crippen LogP contribution in [0.3, 0.4) is 0 Å². The molecule has 1 rings (SSSR count). The molecule has 1 aromatic rings. The minimum absolute atomic E-state index is 0.150. The molecule has 1 heterocycles. The molecule has 0 aliphatic heterocycles. The minimum Gasteiger partial charge on any atom is -0.464 e. The van der Waals surface area contributed by atoms with Crippen LogP contribution in [0.2, 0.25) is 0 Å². The highest BCUT2D eigenvalue weighted by molar-refractivity contribution is 5.73. The summed E-state index contributed by atoms with van der Waals surface area (Å²) in [7, 11) is 0. The lowest BCUT2D eigenvalue weighted by atomic mass is 10.1. The predicted octanol–water partition coefficient (Wildman–Crippen LogP) is 3.86. The van der Waals surface area contributed by atoms with Crippen molar-refractivity contribution in [2.75, 3.05) is 6.61 Å². The fraction of sp³-hybridized carbons (Fsp3) is 0.583. The standard InChI is InChI=1S/C24H34N2O5/c1-5-6-7-8-9-10-11-12-14-21-15-13-16-22(26-21)24(31-20(4)29)23(25-18(2)27)17-30-19(3)28/h13,15-16,23-24H,5-11,17H2,1-4H3,(H,25,27). The number of unbranched alkanes of at least 4 members (excludes halogenated alkanes) is 6. The Morgan fingerprint density at radius 3 is 2.39 bits per heavy atom. The SMILES string of the molecule is CCCCCCCCC#Cc1cccc(C(OC(C)=O)C(COC(C)=O)NC(C)=O)n1. The number of amides is 1. The molecule has 2 unspecified atom stereocenters. The molecule has 1 aromatic heterocycles. The van der Waals surface area contributed by atoms with Gasteiger partial charge >= 0.3 is 11.9 Å². The molecule has 1 amide bonds. The van der Waals surface area contributed by atoms with Crippen LogP contribution >= 0.6 is 0 Å². The summed E-state index contributed by atoms with van der Waals surface area (Å²) >= 11 is 0. The van der Waals surface area contributed by atoms with E-state index in [2.05, 4.69) is 29.1 Å². The van der Waals surface area contributed by atoms with Crippen molar-refractivity contribution in [2.45, 2.75) is 84.8 Å². The van der Waals surface area contributed by atoms with Gasteiger partial charge in [0.25, 0.3) is 0 Å². The second-order valence-corrected chi connectivity index (χ2v) is 7.41. The van der Waals surface area contributed by atoms with Crippen LogP contribution < -0.4 is 5.32 Å². The summed E-state index contributed by atoms with van der Waals surface area (Å²) in [6.07, 6.45) is 7.13. The van der Waals surface area contributed by atoms with Gasteiger partial charge in [0.1, 0.15) is 18.3 Å². The molecule has 0 saturated carbocycles. The van der Waals surface area contributed by atoms with E-state index in [9.17, 15) is 14.4 Å². The van der Waals surface area contributed by atoms with Gasteiger partial charge in [0.05, 0.1) is 5.69 Å². The fourth-order valence-electron chi connectivity index (χ4n) is 3.03. The average Bonchev–Trinajstić information content (AvgIpc) is 2.71. The number of nitrogens with zero attached hydrogens (tertiary/aromatic N) is 1. The third kappa shape index (κ3) is 11.8. The van der Waals surface area contributed by atoms with Crippen LogP contribution in [0, 0.1) is 11.8 Å². The van der Waals surface area contributed by atoms with Gasteiger partial charge in [-0.05, 0) is 24.5 Å². The molecule has 0 fully saturated rings. The molecule has 0 aliphatic carbocycles. The zero-order valence-corrected chi connectivity index (χ0v) is 19.0. The van der Waals surface area contributed by atoms with Crippen molar-refractivity contribution >= 4 is 17.8 Å². The predicted molar refractivity (Wildman–Crippen MR) is 118 cm³/mol. The van der Waals surface area contributed by atoms with E-state index >= 15 is 0 Å². The second-order valence-electron chi connectivity index (χ2n) is 7.41. The summed E-state index contributed by atoms with van der Waals surface area (Å²) in [5, 5.41) is 2.67. The van der Waals surface area contributed by atoms with E-state index in [1.54, 1.807) is 18.2 Å². The summed E-state index contributed by atoms with van der Waals surface area (Å²) < 4.78 is 10.5. The summed E-state index contributed by atoms with van der Waals surface area (Å²) in [5.41, 5.74) is 0.974. The van der Waals surface area contributed by atoms with Crippen molar-refractivity contribution in [1.29, 1.82) is 0 Å². The molecular formula is C24H34N2O5. The van der Waals surface area contributed by atoms with Crippen LogP contribution in [0.4, 0.5) is 0 Å². The molecule has 0 radical (unpaired) electrons. The Morgan fingerprint density at radius 1 is 1.03 bits per heavy atom. The fourth-order valence-corrected chi connectivity index (χ4v) is 3.03. The highest BCUT2D eigenvalue weighted by Crippen LogP contribution is 2.21. The third-order valence-electron chi connectivity index (χ3n) is 4.45. The number of aromatic nitrogens is 1. The summed E-state index contributed by atoms with van der Waals surface area (Å²) in [5.74, 6) is 4.81. The molecule has 1 N–H and O–H groups in total. The number of carbonyl (C=O) groups excluding carboxylic acids is 3. The maximum atomic E-state index is 11.7.